The summed E-state index contributed by atoms with van der Waals surface area (Å²) in [6, 6.07) is 11.2. The van der Waals surface area contributed by atoms with Crippen LogP contribution in [0.4, 0.5) is 17.1 Å². The van der Waals surface area contributed by atoms with Gasteiger partial charge < -0.3 is 20.1 Å². The Labute approximate surface area is 168 Å². The zero-order chi connectivity index (χ0) is 21.2. The molecule has 0 unspecified atom stereocenters. The number of ketones is 1. The molecule has 0 radical (unpaired) electrons. The average molecular weight is 401 g/mol. The number of non-ortho nitro benzene ring substituents is 1. The van der Waals surface area contributed by atoms with Crippen LogP contribution in [0.25, 0.3) is 0 Å². The topological polar surface area (TPSA) is 120 Å². The maximum absolute atomic E-state index is 12.3. The lowest BCUT2D eigenvalue weighted by Crippen LogP contribution is -2.14. The number of nitro groups is 1. The SMILES string of the molecule is COc1ccc(C(=O)CCNc2cc([N+](=O)[O-])ccc2NCCOC(C)=O)cc1. The summed E-state index contributed by atoms with van der Waals surface area (Å²) in [5, 5.41) is 17.2. The van der Waals surface area contributed by atoms with E-state index in [1.165, 1.54) is 19.1 Å². The van der Waals surface area contributed by atoms with Gasteiger partial charge in [0, 0.05) is 44.1 Å². The van der Waals surface area contributed by atoms with Crippen LogP contribution in [0.15, 0.2) is 42.5 Å². The first-order valence-corrected chi connectivity index (χ1v) is 8.97. The minimum Gasteiger partial charge on any atom is -0.497 e. The Morgan fingerprint density at radius 3 is 2.34 bits per heavy atom. The number of Topliss-reactive ketones (excluding diaryl/α,β-unsaturated/α-hetero) is 1. The number of methoxy groups -OCH3 is 1. The Kier molecular flexibility index (Phi) is 7.96. The number of esters is 1. The third-order valence-corrected chi connectivity index (χ3v) is 4.02. The van der Waals surface area contributed by atoms with Crippen molar-refractivity contribution in [1.29, 1.82) is 0 Å². The molecule has 2 N–H and O–H groups in total. The van der Waals surface area contributed by atoms with E-state index in [9.17, 15) is 19.7 Å². The minimum absolute atomic E-state index is 0.0602. The quantitative estimate of drug-likeness (QED) is 0.194. The van der Waals surface area contributed by atoms with E-state index in [0.717, 1.165) is 0 Å². The number of ether oxygens (including phenoxy) is 2. The van der Waals surface area contributed by atoms with Crippen molar-refractivity contribution in [2.45, 2.75) is 13.3 Å². The number of nitrogens with one attached hydrogen (secondary N) is 2. The van der Waals surface area contributed by atoms with Crippen LogP contribution < -0.4 is 15.4 Å². The van der Waals surface area contributed by atoms with Gasteiger partial charge in [-0.2, -0.15) is 0 Å². The van der Waals surface area contributed by atoms with Crippen LogP contribution in [0.5, 0.6) is 5.75 Å². The lowest BCUT2D eigenvalue weighted by molar-refractivity contribution is -0.384. The second-order valence-electron chi connectivity index (χ2n) is 6.08. The van der Waals surface area contributed by atoms with Crippen molar-refractivity contribution >= 4 is 28.8 Å². The molecule has 2 aromatic rings. The Hall–Kier alpha value is -3.62. The number of nitrogens with zero attached hydrogens (tertiary/aromatic N) is 1. The monoisotopic (exact) mass is 401 g/mol. The molecule has 0 saturated carbocycles. The van der Waals surface area contributed by atoms with Gasteiger partial charge in [-0.1, -0.05) is 0 Å². The number of benzene rings is 2. The molecule has 2 rings (SSSR count). The number of hydrogen-bond acceptors (Lipinski definition) is 8. The number of anilines is 2. The Bertz CT molecular complexity index is 867. The van der Waals surface area contributed by atoms with Crippen molar-refractivity contribution in [3.05, 3.63) is 58.1 Å². The number of rotatable bonds is 11. The van der Waals surface area contributed by atoms with Gasteiger partial charge in [0.05, 0.1) is 23.4 Å². The summed E-state index contributed by atoms with van der Waals surface area (Å²) in [7, 11) is 1.55. The van der Waals surface area contributed by atoms with Crippen molar-refractivity contribution in [1.82, 2.24) is 0 Å². The molecule has 0 aliphatic rings. The van der Waals surface area contributed by atoms with E-state index in [0.29, 0.717) is 35.8 Å². The van der Waals surface area contributed by atoms with Crippen LogP contribution >= 0.6 is 0 Å². The molecule has 0 aromatic heterocycles. The van der Waals surface area contributed by atoms with Crippen LogP contribution in [-0.2, 0) is 9.53 Å². The van der Waals surface area contributed by atoms with Crippen LogP contribution in [0, 0.1) is 10.1 Å². The van der Waals surface area contributed by atoms with E-state index in [2.05, 4.69) is 10.6 Å². The fourth-order valence-corrected chi connectivity index (χ4v) is 2.56. The lowest BCUT2D eigenvalue weighted by atomic mass is 10.1. The summed E-state index contributed by atoms with van der Waals surface area (Å²) in [6.45, 7) is 2.13. The molecular formula is C20H23N3O6. The standard InChI is InChI=1S/C20H23N3O6/c1-14(24)29-12-11-22-18-8-5-16(23(26)27)13-19(18)21-10-9-20(25)15-3-6-17(28-2)7-4-15/h3-8,13,21-22H,9-12H2,1-2H3. The minimum atomic E-state index is -0.490. The van der Waals surface area contributed by atoms with Crippen molar-refractivity contribution < 1.29 is 24.0 Å². The number of carbonyl (C=O) groups is 2. The fraction of sp³-hybridized carbons (Fsp3) is 0.300. The maximum Gasteiger partial charge on any atom is 0.302 e. The summed E-state index contributed by atoms with van der Waals surface area (Å²) in [6.07, 6.45) is 0.210. The first-order valence-electron chi connectivity index (χ1n) is 8.97. The lowest BCUT2D eigenvalue weighted by Gasteiger charge is -2.14. The fourth-order valence-electron chi connectivity index (χ4n) is 2.56. The Morgan fingerprint density at radius 1 is 1.03 bits per heavy atom. The van der Waals surface area contributed by atoms with Gasteiger partial charge in [0.15, 0.2) is 5.78 Å². The van der Waals surface area contributed by atoms with Crippen LogP contribution in [0.2, 0.25) is 0 Å². The predicted molar refractivity (Wildman–Crippen MR) is 109 cm³/mol. The van der Waals surface area contributed by atoms with Crippen molar-refractivity contribution in [2.75, 3.05) is 37.4 Å². The van der Waals surface area contributed by atoms with Crippen molar-refractivity contribution in [2.24, 2.45) is 0 Å². The van der Waals surface area contributed by atoms with E-state index >= 15 is 0 Å². The summed E-state index contributed by atoms with van der Waals surface area (Å²) in [5.41, 5.74) is 1.59. The summed E-state index contributed by atoms with van der Waals surface area (Å²) >= 11 is 0. The molecule has 0 bridgehead atoms. The van der Waals surface area contributed by atoms with Gasteiger partial charge in [-0.3, -0.25) is 19.7 Å². The molecule has 154 valence electrons. The molecule has 2 aromatic carbocycles. The van der Waals surface area contributed by atoms with E-state index < -0.39 is 4.92 Å². The van der Waals surface area contributed by atoms with Gasteiger partial charge in [-0.05, 0) is 30.3 Å². The predicted octanol–water partition coefficient (Wildman–Crippen LogP) is 3.26. The zero-order valence-electron chi connectivity index (χ0n) is 16.3. The highest BCUT2D eigenvalue weighted by Gasteiger charge is 2.12. The van der Waals surface area contributed by atoms with E-state index in [4.69, 9.17) is 9.47 Å². The molecule has 0 aliphatic heterocycles. The Balaban J connectivity index is 1.98. The van der Waals surface area contributed by atoms with Gasteiger partial charge in [-0.15, -0.1) is 0 Å². The van der Waals surface area contributed by atoms with Gasteiger partial charge in [-0.25, -0.2) is 0 Å². The number of hydrogen-bond donors (Lipinski definition) is 2. The average Bonchev–Trinajstić information content (AvgIpc) is 2.71. The smallest absolute Gasteiger partial charge is 0.302 e. The van der Waals surface area contributed by atoms with Crippen molar-refractivity contribution in [3.63, 3.8) is 0 Å². The number of nitro benzene ring substituents is 1. The van der Waals surface area contributed by atoms with Gasteiger partial charge in [0.1, 0.15) is 12.4 Å². The van der Waals surface area contributed by atoms with Gasteiger partial charge in [0.25, 0.3) is 5.69 Å². The summed E-state index contributed by atoms with van der Waals surface area (Å²) in [5.74, 6) is 0.224. The molecule has 0 aliphatic carbocycles. The number of carbonyl (C=O) groups excluding carboxylic acids is 2. The molecule has 0 amide bonds. The highest BCUT2D eigenvalue weighted by molar-refractivity contribution is 5.96. The van der Waals surface area contributed by atoms with E-state index in [1.807, 2.05) is 0 Å². The molecule has 0 heterocycles. The molecule has 9 nitrogen and oxygen atoms in total. The largest absolute Gasteiger partial charge is 0.497 e. The van der Waals surface area contributed by atoms with Crippen LogP contribution in [0.1, 0.15) is 23.7 Å². The van der Waals surface area contributed by atoms with Gasteiger partial charge >= 0.3 is 5.97 Å². The van der Waals surface area contributed by atoms with E-state index in [1.54, 1.807) is 37.4 Å². The normalized spacial score (nSPS) is 10.1. The molecule has 0 atom stereocenters. The highest BCUT2D eigenvalue weighted by Crippen LogP contribution is 2.27. The third kappa shape index (κ3) is 6.80. The van der Waals surface area contributed by atoms with Crippen LogP contribution in [0.3, 0.4) is 0 Å². The maximum atomic E-state index is 12.3. The molecule has 0 fully saturated rings. The second-order valence-corrected chi connectivity index (χ2v) is 6.08. The third-order valence-electron chi connectivity index (χ3n) is 4.02. The first-order chi connectivity index (χ1) is 13.9. The van der Waals surface area contributed by atoms with Crippen LogP contribution in [-0.4, -0.2) is 43.5 Å². The molecule has 9 heteroatoms. The molecule has 0 spiro atoms. The van der Waals surface area contributed by atoms with E-state index in [-0.39, 0.29) is 30.5 Å². The summed E-state index contributed by atoms with van der Waals surface area (Å²) in [4.78, 5) is 33.7. The van der Waals surface area contributed by atoms with Gasteiger partial charge in [0.2, 0.25) is 0 Å². The molecule has 0 saturated heterocycles. The summed E-state index contributed by atoms with van der Waals surface area (Å²) < 4.78 is 9.93. The van der Waals surface area contributed by atoms with Crippen molar-refractivity contribution in [3.8, 4) is 5.75 Å². The highest BCUT2D eigenvalue weighted by atomic mass is 16.6. The zero-order valence-corrected chi connectivity index (χ0v) is 16.3. The molecular weight excluding hydrogens is 378 g/mol. The molecule has 29 heavy (non-hydrogen) atoms. The Morgan fingerprint density at radius 2 is 1.72 bits per heavy atom. The first kappa shape index (κ1) is 21.7. The second kappa shape index (κ2) is 10.6.